The summed E-state index contributed by atoms with van der Waals surface area (Å²) in [6.45, 7) is 0. The monoisotopic (exact) mass is 226 g/mol. The Bertz CT molecular complexity index is 690. The quantitative estimate of drug-likeness (QED) is 0.553. The van der Waals surface area contributed by atoms with E-state index in [1.165, 1.54) is 6.07 Å². The van der Waals surface area contributed by atoms with Crippen molar-refractivity contribution in [2.75, 3.05) is 5.73 Å². The summed E-state index contributed by atoms with van der Waals surface area (Å²) in [4.78, 5) is 11.6. The van der Waals surface area contributed by atoms with Gasteiger partial charge in [-0.1, -0.05) is 0 Å². The van der Waals surface area contributed by atoms with Gasteiger partial charge in [0.1, 0.15) is 11.4 Å². The molecule has 5 heteroatoms. The molecular weight excluding hydrogens is 216 g/mol. The first kappa shape index (κ1) is 9.65. The van der Waals surface area contributed by atoms with Crippen molar-refractivity contribution in [3.63, 3.8) is 0 Å². The van der Waals surface area contributed by atoms with Gasteiger partial charge in [0.05, 0.1) is 0 Å². The second kappa shape index (κ2) is 3.48. The van der Waals surface area contributed by atoms with Crippen LogP contribution in [0.3, 0.4) is 0 Å². The minimum atomic E-state index is 0.132. The van der Waals surface area contributed by atoms with Crippen molar-refractivity contribution < 1.29 is 5.11 Å². The lowest BCUT2D eigenvalue weighted by atomic mass is 10.1. The second-order valence-corrected chi connectivity index (χ2v) is 3.75. The van der Waals surface area contributed by atoms with Crippen LogP contribution in [0.1, 0.15) is 0 Å². The molecule has 0 bridgehead atoms. The number of aromatic amines is 1. The average Bonchev–Trinajstić information content (AvgIpc) is 2.75. The van der Waals surface area contributed by atoms with Crippen molar-refractivity contribution in [3.8, 4) is 17.1 Å². The van der Waals surface area contributed by atoms with E-state index >= 15 is 0 Å². The highest BCUT2D eigenvalue weighted by molar-refractivity contribution is 5.79. The SMILES string of the molecule is Nc1cc(O)ccc1-c1ncc2cc[nH]c2n1. The summed E-state index contributed by atoms with van der Waals surface area (Å²) in [5, 5.41) is 10.2. The molecule has 1 aromatic carbocycles. The Kier molecular flexibility index (Phi) is 1.98. The van der Waals surface area contributed by atoms with E-state index < -0.39 is 0 Å². The fourth-order valence-corrected chi connectivity index (χ4v) is 1.72. The van der Waals surface area contributed by atoms with Crippen molar-refractivity contribution >= 4 is 16.7 Å². The summed E-state index contributed by atoms with van der Waals surface area (Å²) in [6, 6.07) is 6.65. The minimum Gasteiger partial charge on any atom is -0.508 e. The molecule has 4 N–H and O–H groups in total. The summed E-state index contributed by atoms with van der Waals surface area (Å²) in [6.07, 6.45) is 3.55. The average molecular weight is 226 g/mol. The van der Waals surface area contributed by atoms with Crippen LogP contribution < -0.4 is 5.73 Å². The molecule has 0 saturated carbocycles. The molecule has 0 aliphatic carbocycles. The number of nitrogens with two attached hydrogens (primary N) is 1. The van der Waals surface area contributed by atoms with Gasteiger partial charge in [0.25, 0.3) is 0 Å². The van der Waals surface area contributed by atoms with E-state index in [2.05, 4.69) is 15.0 Å². The van der Waals surface area contributed by atoms with E-state index in [1.54, 1.807) is 18.3 Å². The zero-order valence-electron chi connectivity index (χ0n) is 8.88. The number of benzene rings is 1. The summed E-state index contributed by atoms with van der Waals surface area (Å²) >= 11 is 0. The maximum absolute atomic E-state index is 9.30. The van der Waals surface area contributed by atoms with Gasteiger partial charge in [-0.25, -0.2) is 9.97 Å². The zero-order valence-corrected chi connectivity index (χ0v) is 8.88. The van der Waals surface area contributed by atoms with Gasteiger partial charge >= 0.3 is 0 Å². The van der Waals surface area contributed by atoms with Crippen molar-refractivity contribution in [2.45, 2.75) is 0 Å². The fraction of sp³-hybridized carbons (Fsp3) is 0. The van der Waals surface area contributed by atoms with Crippen molar-refractivity contribution in [2.24, 2.45) is 0 Å². The number of nitrogens with zero attached hydrogens (tertiary/aromatic N) is 2. The predicted molar refractivity (Wildman–Crippen MR) is 65.4 cm³/mol. The van der Waals surface area contributed by atoms with E-state index in [0.29, 0.717) is 17.1 Å². The summed E-state index contributed by atoms with van der Waals surface area (Å²) < 4.78 is 0. The van der Waals surface area contributed by atoms with Gasteiger partial charge in [0.2, 0.25) is 0 Å². The van der Waals surface area contributed by atoms with Crippen LogP contribution in [-0.2, 0) is 0 Å². The number of hydrogen-bond acceptors (Lipinski definition) is 4. The maximum atomic E-state index is 9.30. The number of rotatable bonds is 1. The van der Waals surface area contributed by atoms with E-state index in [4.69, 9.17) is 5.73 Å². The molecule has 3 rings (SSSR count). The van der Waals surface area contributed by atoms with Crippen LogP contribution in [0, 0.1) is 0 Å². The molecule has 0 spiro atoms. The third-order valence-corrected chi connectivity index (χ3v) is 2.58. The molecular formula is C12H10N4O. The number of phenolic OH excluding ortho intramolecular Hbond substituents is 1. The zero-order chi connectivity index (χ0) is 11.8. The summed E-state index contributed by atoms with van der Waals surface area (Å²) in [7, 11) is 0. The van der Waals surface area contributed by atoms with E-state index in [-0.39, 0.29) is 5.75 Å². The van der Waals surface area contributed by atoms with Gasteiger partial charge in [-0.15, -0.1) is 0 Å². The largest absolute Gasteiger partial charge is 0.508 e. The Balaban J connectivity index is 2.19. The van der Waals surface area contributed by atoms with Crippen LogP contribution in [0.4, 0.5) is 5.69 Å². The molecule has 0 aliphatic rings. The van der Waals surface area contributed by atoms with Crippen molar-refractivity contribution in [1.29, 1.82) is 0 Å². The lowest BCUT2D eigenvalue weighted by Crippen LogP contribution is -1.94. The number of nitrogens with one attached hydrogen (secondary N) is 1. The van der Waals surface area contributed by atoms with Gasteiger partial charge in [-0.3, -0.25) is 0 Å². The first-order valence-corrected chi connectivity index (χ1v) is 5.13. The summed E-state index contributed by atoms with van der Waals surface area (Å²) in [5.74, 6) is 0.671. The molecule has 84 valence electrons. The molecule has 2 aromatic heterocycles. The molecule has 0 saturated heterocycles. The fourth-order valence-electron chi connectivity index (χ4n) is 1.72. The number of hydrogen-bond donors (Lipinski definition) is 3. The number of anilines is 1. The molecule has 0 atom stereocenters. The highest BCUT2D eigenvalue weighted by atomic mass is 16.3. The van der Waals surface area contributed by atoms with Gasteiger partial charge in [-0.05, 0) is 18.2 Å². The predicted octanol–water partition coefficient (Wildman–Crippen LogP) is 1.91. The number of H-pyrrole nitrogens is 1. The molecule has 5 nitrogen and oxygen atoms in total. The second-order valence-electron chi connectivity index (χ2n) is 3.75. The molecule has 0 amide bonds. The van der Waals surface area contributed by atoms with Crippen LogP contribution in [0.5, 0.6) is 5.75 Å². The van der Waals surface area contributed by atoms with Gasteiger partial charge < -0.3 is 15.8 Å². The van der Waals surface area contributed by atoms with E-state index in [9.17, 15) is 5.11 Å². The third kappa shape index (κ3) is 1.57. The number of phenols is 1. The minimum absolute atomic E-state index is 0.132. The lowest BCUT2D eigenvalue weighted by Gasteiger charge is -2.04. The Morgan fingerprint density at radius 2 is 2.12 bits per heavy atom. The van der Waals surface area contributed by atoms with Crippen LogP contribution in [0.15, 0.2) is 36.7 Å². The van der Waals surface area contributed by atoms with Crippen molar-refractivity contribution in [3.05, 3.63) is 36.7 Å². The Morgan fingerprint density at radius 1 is 1.24 bits per heavy atom. The molecule has 17 heavy (non-hydrogen) atoms. The van der Waals surface area contributed by atoms with Crippen LogP contribution in [0.25, 0.3) is 22.4 Å². The Hall–Kier alpha value is -2.56. The molecule has 0 aliphatic heterocycles. The highest BCUT2D eigenvalue weighted by Crippen LogP contribution is 2.26. The van der Waals surface area contributed by atoms with Gasteiger partial charge in [0.15, 0.2) is 5.82 Å². The van der Waals surface area contributed by atoms with E-state index in [0.717, 1.165) is 11.0 Å². The standard InChI is InChI=1S/C12H10N4O/c13-10-5-8(17)1-2-9(10)12-15-6-7-3-4-14-11(7)16-12/h1-6,17H,13H2,(H,14,15,16). The number of fused-ring (bicyclic) bond motifs is 1. The molecule has 2 heterocycles. The van der Waals surface area contributed by atoms with Gasteiger partial charge in [0, 0.05) is 35.1 Å². The summed E-state index contributed by atoms with van der Waals surface area (Å²) in [5.41, 5.74) is 7.75. The molecule has 0 unspecified atom stereocenters. The molecule has 3 aromatic rings. The number of aromatic hydroxyl groups is 1. The van der Waals surface area contributed by atoms with E-state index in [1.807, 2.05) is 12.3 Å². The smallest absolute Gasteiger partial charge is 0.163 e. The topological polar surface area (TPSA) is 87.8 Å². The maximum Gasteiger partial charge on any atom is 0.163 e. The lowest BCUT2D eigenvalue weighted by molar-refractivity contribution is 0.475. The first-order chi connectivity index (χ1) is 8.24. The van der Waals surface area contributed by atoms with Crippen LogP contribution in [-0.4, -0.2) is 20.1 Å². The van der Waals surface area contributed by atoms with Crippen molar-refractivity contribution in [1.82, 2.24) is 15.0 Å². The number of aromatic nitrogens is 3. The normalized spacial score (nSPS) is 10.8. The number of nitrogen functional groups attached to an aromatic ring is 1. The first-order valence-electron chi connectivity index (χ1n) is 5.13. The molecule has 0 fully saturated rings. The highest BCUT2D eigenvalue weighted by Gasteiger charge is 2.07. The Morgan fingerprint density at radius 3 is 2.94 bits per heavy atom. The van der Waals surface area contributed by atoms with Gasteiger partial charge in [-0.2, -0.15) is 0 Å². The van der Waals surface area contributed by atoms with Crippen LogP contribution in [0.2, 0.25) is 0 Å². The molecule has 0 radical (unpaired) electrons. The third-order valence-electron chi connectivity index (χ3n) is 2.58. The van der Waals surface area contributed by atoms with Crippen LogP contribution >= 0.6 is 0 Å². The Labute approximate surface area is 97.0 Å².